The van der Waals surface area contributed by atoms with Crippen molar-refractivity contribution in [2.45, 2.75) is 13.5 Å². The van der Waals surface area contributed by atoms with Crippen molar-refractivity contribution in [3.63, 3.8) is 0 Å². The number of carbonyl (C=O) groups excluding carboxylic acids is 1. The summed E-state index contributed by atoms with van der Waals surface area (Å²) >= 11 is 0. The van der Waals surface area contributed by atoms with Crippen molar-refractivity contribution in [2.75, 3.05) is 7.05 Å². The second-order valence-electron chi connectivity index (χ2n) is 6.97. The maximum absolute atomic E-state index is 12.7. The first-order chi connectivity index (χ1) is 14.0. The number of imidazole rings is 1. The van der Waals surface area contributed by atoms with Gasteiger partial charge in [-0.2, -0.15) is 0 Å². The number of rotatable bonds is 5. The summed E-state index contributed by atoms with van der Waals surface area (Å²) < 4.78 is 7.70. The highest BCUT2D eigenvalue weighted by molar-refractivity contribution is 5.94. The van der Waals surface area contributed by atoms with Crippen LogP contribution in [0.15, 0.2) is 65.3 Å². The van der Waals surface area contributed by atoms with Crippen molar-refractivity contribution < 1.29 is 9.21 Å². The quantitative estimate of drug-likeness (QED) is 0.522. The van der Waals surface area contributed by atoms with Crippen molar-refractivity contribution in [1.82, 2.24) is 24.6 Å². The minimum atomic E-state index is -0.0783. The van der Waals surface area contributed by atoms with Crippen LogP contribution in [0.1, 0.15) is 21.7 Å². The Kier molecular flexibility index (Phi) is 4.95. The zero-order valence-electron chi connectivity index (χ0n) is 16.5. The smallest absolute Gasteiger partial charge is 0.254 e. The molecule has 7 heteroatoms. The molecule has 4 rings (SSSR count). The van der Waals surface area contributed by atoms with Crippen LogP contribution in [0.3, 0.4) is 0 Å². The van der Waals surface area contributed by atoms with Gasteiger partial charge >= 0.3 is 0 Å². The first kappa shape index (κ1) is 18.6. The monoisotopic (exact) mass is 387 g/mol. The fourth-order valence-electron chi connectivity index (χ4n) is 2.96. The molecule has 2 aromatic carbocycles. The standard InChI is InChI=1S/C22H21N5O2/c1-15-4-6-16(7-5-15)20-24-25-21(29-20)17-8-10-18(11-9-17)22(28)27(3)14-19-23-12-13-26(19)2/h4-13H,14H2,1-3H3. The molecule has 1 amide bonds. The van der Waals surface area contributed by atoms with Crippen LogP contribution in [0.4, 0.5) is 0 Å². The molecule has 0 fully saturated rings. The Morgan fingerprint density at radius 1 is 1.00 bits per heavy atom. The molecule has 0 aliphatic carbocycles. The first-order valence-corrected chi connectivity index (χ1v) is 9.24. The molecule has 2 aromatic heterocycles. The van der Waals surface area contributed by atoms with Crippen molar-refractivity contribution >= 4 is 5.91 Å². The lowest BCUT2D eigenvalue weighted by Crippen LogP contribution is -2.27. The Balaban J connectivity index is 1.48. The molecule has 7 nitrogen and oxygen atoms in total. The molecular weight excluding hydrogens is 366 g/mol. The molecule has 0 bridgehead atoms. The Hall–Kier alpha value is -3.74. The predicted molar refractivity (Wildman–Crippen MR) is 109 cm³/mol. The molecule has 0 atom stereocenters. The Labute approximate surface area is 168 Å². The van der Waals surface area contributed by atoms with E-state index >= 15 is 0 Å². The summed E-state index contributed by atoms with van der Waals surface area (Å²) in [5.74, 6) is 1.63. The molecule has 0 unspecified atom stereocenters. The van der Waals surface area contributed by atoms with Gasteiger partial charge in [-0.15, -0.1) is 10.2 Å². The van der Waals surface area contributed by atoms with Crippen LogP contribution in [-0.4, -0.2) is 37.6 Å². The summed E-state index contributed by atoms with van der Waals surface area (Å²) in [6.07, 6.45) is 3.58. The predicted octanol–water partition coefficient (Wildman–Crippen LogP) is 3.72. The summed E-state index contributed by atoms with van der Waals surface area (Å²) in [5.41, 5.74) is 3.39. The molecule has 0 radical (unpaired) electrons. The van der Waals surface area contributed by atoms with Gasteiger partial charge in [0.15, 0.2) is 0 Å². The van der Waals surface area contributed by atoms with Crippen LogP contribution in [0.25, 0.3) is 22.9 Å². The summed E-state index contributed by atoms with van der Waals surface area (Å²) in [6.45, 7) is 2.47. The van der Waals surface area contributed by atoms with E-state index in [9.17, 15) is 4.79 Å². The van der Waals surface area contributed by atoms with E-state index in [0.29, 0.717) is 23.9 Å². The van der Waals surface area contributed by atoms with E-state index in [1.807, 2.05) is 61.1 Å². The maximum Gasteiger partial charge on any atom is 0.254 e. The van der Waals surface area contributed by atoms with Gasteiger partial charge in [-0.1, -0.05) is 17.7 Å². The van der Waals surface area contributed by atoms with E-state index in [2.05, 4.69) is 15.2 Å². The molecule has 0 aliphatic rings. The average Bonchev–Trinajstić information content (AvgIpc) is 3.38. The number of hydrogen-bond acceptors (Lipinski definition) is 5. The van der Waals surface area contributed by atoms with Crippen LogP contribution in [-0.2, 0) is 13.6 Å². The Morgan fingerprint density at radius 2 is 1.59 bits per heavy atom. The molecule has 0 saturated heterocycles. The van der Waals surface area contributed by atoms with E-state index in [-0.39, 0.29) is 5.91 Å². The lowest BCUT2D eigenvalue weighted by Gasteiger charge is -2.17. The molecule has 0 saturated carbocycles. The SMILES string of the molecule is Cc1ccc(-c2nnc(-c3ccc(C(=O)N(C)Cc4nccn4C)cc3)o2)cc1. The van der Waals surface area contributed by atoms with Crippen LogP contribution in [0.2, 0.25) is 0 Å². The van der Waals surface area contributed by atoms with Crippen molar-refractivity contribution in [3.8, 4) is 22.9 Å². The highest BCUT2D eigenvalue weighted by atomic mass is 16.4. The van der Waals surface area contributed by atoms with E-state index in [4.69, 9.17) is 4.42 Å². The molecule has 29 heavy (non-hydrogen) atoms. The number of carbonyl (C=O) groups is 1. The van der Waals surface area contributed by atoms with Crippen molar-refractivity contribution in [1.29, 1.82) is 0 Å². The highest BCUT2D eigenvalue weighted by Gasteiger charge is 2.15. The molecule has 146 valence electrons. The average molecular weight is 387 g/mol. The normalized spacial score (nSPS) is 10.9. The minimum Gasteiger partial charge on any atom is -0.416 e. The number of nitrogens with zero attached hydrogens (tertiary/aromatic N) is 5. The Bertz CT molecular complexity index is 1130. The van der Waals surface area contributed by atoms with E-state index in [1.165, 1.54) is 5.56 Å². The van der Waals surface area contributed by atoms with Crippen LogP contribution >= 0.6 is 0 Å². The van der Waals surface area contributed by atoms with Gasteiger partial charge in [0.2, 0.25) is 11.8 Å². The van der Waals surface area contributed by atoms with Gasteiger partial charge in [-0.05, 0) is 43.3 Å². The summed E-state index contributed by atoms with van der Waals surface area (Å²) in [4.78, 5) is 18.6. The van der Waals surface area contributed by atoms with Crippen LogP contribution < -0.4 is 0 Å². The van der Waals surface area contributed by atoms with Crippen molar-refractivity contribution in [3.05, 3.63) is 77.9 Å². The second-order valence-corrected chi connectivity index (χ2v) is 6.97. The Morgan fingerprint density at radius 3 is 2.14 bits per heavy atom. The number of amides is 1. The number of benzene rings is 2. The van der Waals surface area contributed by atoms with Gasteiger partial charge in [-0.3, -0.25) is 4.79 Å². The first-order valence-electron chi connectivity index (χ1n) is 9.24. The summed E-state index contributed by atoms with van der Waals surface area (Å²) in [5, 5.41) is 8.26. The van der Waals surface area contributed by atoms with E-state index in [0.717, 1.165) is 17.0 Å². The molecule has 4 aromatic rings. The third-order valence-electron chi connectivity index (χ3n) is 4.75. The third-order valence-corrected chi connectivity index (χ3v) is 4.75. The fraction of sp³-hybridized carbons (Fsp3) is 0.182. The van der Waals surface area contributed by atoms with Gasteiger partial charge in [0.25, 0.3) is 5.91 Å². The zero-order valence-corrected chi connectivity index (χ0v) is 16.5. The lowest BCUT2D eigenvalue weighted by molar-refractivity contribution is 0.0780. The van der Waals surface area contributed by atoms with Gasteiger partial charge in [0.05, 0.1) is 6.54 Å². The zero-order chi connectivity index (χ0) is 20.4. The molecular formula is C22H21N5O2. The van der Waals surface area contributed by atoms with E-state index < -0.39 is 0 Å². The van der Waals surface area contributed by atoms with Gasteiger partial charge in [0, 0.05) is 43.2 Å². The van der Waals surface area contributed by atoms with Gasteiger partial charge in [0.1, 0.15) is 5.82 Å². The largest absolute Gasteiger partial charge is 0.416 e. The topological polar surface area (TPSA) is 77.1 Å². The van der Waals surface area contributed by atoms with Crippen LogP contribution in [0.5, 0.6) is 0 Å². The highest BCUT2D eigenvalue weighted by Crippen LogP contribution is 2.24. The molecule has 0 N–H and O–H groups in total. The van der Waals surface area contributed by atoms with Crippen molar-refractivity contribution in [2.24, 2.45) is 7.05 Å². The minimum absolute atomic E-state index is 0.0783. The molecule has 0 spiro atoms. The molecule has 2 heterocycles. The number of aryl methyl sites for hydroxylation is 2. The third kappa shape index (κ3) is 3.94. The maximum atomic E-state index is 12.7. The van der Waals surface area contributed by atoms with Gasteiger partial charge in [-0.25, -0.2) is 4.98 Å². The second kappa shape index (κ2) is 7.71. The summed E-state index contributed by atoms with van der Waals surface area (Å²) in [6, 6.07) is 15.1. The van der Waals surface area contributed by atoms with E-state index in [1.54, 1.807) is 30.3 Å². The molecule has 0 aliphatic heterocycles. The summed E-state index contributed by atoms with van der Waals surface area (Å²) in [7, 11) is 3.67. The fourth-order valence-corrected chi connectivity index (χ4v) is 2.96. The lowest BCUT2D eigenvalue weighted by atomic mass is 10.1. The number of hydrogen-bond donors (Lipinski definition) is 0. The van der Waals surface area contributed by atoms with Gasteiger partial charge < -0.3 is 13.9 Å². The number of aromatic nitrogens is 4. The van der Waals surface area contributed by atoms with Crippen LogP contribution in [0, 0.1) is 6.92 Å².